The molecule has 0 saturated heterocycles. The van der Waals surface area contributed by atoms with Crippen molar-refractivity contribution in [1.82, 2.24) is 10.9 Å². The Hall–Kier alpha value is -3.55. The van der Waals surface area contributed by atoms with Gasteiger partial charge in [-0.15, -0.1) is 0 Å². The van der Waals surface area contributed by atoms with Crippen LogP contribution in [0.1, 0.15) is 22.8 Å². The van der Waals surface area contributed by atoms with Crippen LogP contribution < -0.4 is 15.6 Å². The van der Waals surface area contributed by atoms with Crippen LogP contribution in [0, 0.1) is 0 Å². The van der Waals surface area contributed by atoms with Crippen molar-refractivity contribution in [2.75, 3.05) is 0 Å². The van der Waals surface area contributed by atoms with E-state index >= 15 is 0 Å². The Balaban J connectivity index is 1.55. The average Bonchev–Trinajstić information content (AvgIpc) is 2.71. The van der Waals surface area contributed by atoms with E-state index in [1.807, 2.05) is 30.3 Å². The monoisotopic (exact) mass is 402 g/mol. The zero-order valence-corrected chi connectivity index (χ0v) is 15.3. The first-order valence-electron chi connectivity index (χ1n) is 8.67. The lowest BCUT2D eigenvalue weighted by Crippen LogP contribution is -2.47. The maximum Gasteiger partial charge on any atom is 0.416 e. The number of alkyl halides is 3. The molecule has 8 heteroatoms. The summed E-state index contributed by atoms with van der Waals surface area (Å²) in [5.74, 6) is -0.871. The molecular weight excluding hydrogens is 385 g/mol. The molecule has 3 aromatic rings. The van der Waals surface area contributed by atoms with Crippen molar-refractivity contribution in [3.63, 3.8) is 0 Å². The Labute approximate surface area is 164 Å². The second kappa shape index (κ2) is 8.22. The van der Waals surface area contributed by atoms with Gasteiger partial charge in [0.15, 0.2) is 6.10 Å². The molecule has 5 nitrogen and oxygen atoms in total. The lowest BCUT2D eigenvalue weighted by Gasteiger charge is -2.15. The Morgan fingerprint density at radius 1 is 0.897 bits per heavy atom. The van der Waals surface area contributed by atoms with Crippen molar-refractivity contribution in [3.8, 4) is 5.75 Å². The number of benzene rings is 3. The third-order valence-corrected chi connectivity index (χ3v) is 4.18. The highest BCUT2D eigenvalue weighted by Gasteiger charge is 2.30. The standard InChI is InChI=1S/C21H17F3N2O3/c1-13(29-18-11-8-14-4-2-3-5-16(14)12-18)19(27)25-26-20(28)15-6-9-17(10-7-15)21(22,23)24/h2-13H,1H3,(H,25,27)(H,26,28)/t13-/m1/s1. The van der Waals surface area contributed by atoms with E-state index in [2.05, 4.69) is 10.9 Å². The van der Waals surface area contributed by atoms with Gasteiger partial charge in [-0.25, -0.2) is 0 Å². The Bertz CT molecular complexity index is 1030. The van der Waals surface area contributed by atoms with E-state index in [1.54, 1.807) is 12.1 Å². The molecule has 0 saturated carbocycles. The summed E-state index contributed by atoms with van der Waals surface area (Å²) < 4.78 is 43.3. The Morgan fingerprint density at radius 2 is 1.55 bits per heavy atom. The molecule has 1 atom stereocenters. The van der Waals surface area contributed by atoms with Crippen LogP contribution in [-0.2, 0) is 11.0 Å². The molecule has 0 unspecified atom stereocenters. The minimum absolute atomic E-state index is 0.0265. The maximum absolute atomic E-state index is 12.6. The number of nitrogens with one attached hydrogen (secondary N) is 2. The number of ether oxygens (including phenoxy) is 1. The highest BCUT2D eigenvalue weighted by molar-refractivity contribution is 5.95. The highest BCUT2D eigenvalue weighted by atomic mass is 19.4. The molecule has 0 bridgehead atoms. The van der Waals surface area contributed by atoms with Gasteiger partial charge in [-0.2, -0.15) is 13.2 Å². The van der Waals surface area contributed by atoms with Crippen molar-refractivity contribution in [2.24, 2.45) is 0 Å². The van der Waals surface area contributed by atoms with Crippen LogP contribution in [0.4, 0.5) is 13.2 Å². The number of hydrazine groups is 1. The fourth-order valence-corrected chi connectivity index (χ4v) is 2.60. The molecule has 0 aliphatic heterocycles. The van der Waals surface area contributed by atoms with E-state index in [9.17, 15) is 22.8 Å². The van der Waals surface area contributed by atoms with Gasteiger partial charge in [0, 0.05) is 5.56 Å². The molecule has 0 aliphatic carbocycles. The molecule has 0 radical (unpaired) electrons. The van der Waals surface area contributed by atoms with Crippen LogP contribution >= 0.6 is 0 Å². The smallest absolute Gasteiger partial charge is 0.416 e. The summed E-state index contributed by atoms with van der Waals surface area (Å²) in [6.07, 6.45) is -5.40. The molecule has 3 aromatic carbocycles. The second-order valence-electron chi connectivity index (χ2n) is 6.29. The minimum Gasteiger partial charge on any atom is -0.481 e. The third kappa shape index (κ3) is 5.04. The van der Waals surface area contributed by atoms with Gasteiger partial charge in [0.2, 0.25) is 0 Å². The van der Waals surface area contributed by atoms with Crippen LogP contribution in [-0.4, -0.2) is 17.9 Å². The number of hydrogen-bond donors (Lipinski definition) is 2. The largest absolute Gasteiger partial charge is 0.481 e. The number of fused-ring (bicyclic) bond motifs is 1. The molecular formula is C21H17F3N2O3. The zero-order chi connectivity index (χ0) is 21.0. The molecule has 0 heterocycles. The van der Waals surface area contributed by atoms with E-state index in [1.165, 1.54) is 6.92 Å². The summed E-state index contributed by atoms with van der Waals surface area (Å²) in [6, 6.07) is 16.7. The van der Waals surface area contributed by atoms with Gasteiger partial charge in [0.1, 0.15) is 5.75 Å². The third-order valence-electron chi connectivity index (χ3n) is 4.18. The number of rotatable bonds is 4. The summed E-state index contributed by atoms with van der Waals surface area (Å²) in [6.45, 7) is 1.51. The summed E-state index contributed by atoms with van der Waals surface area (Å²) in [5.41, 5.74) is 3.46. The number of hydrogen-bond acceptors (Lipinski definition) is 3. The van der Waals surface area contributed by atoms with Crippen molar-refractivity contribution in [1.29, 1.82) is 0 Å². The number of carbonyl (C=O) groups excluding carboxylic acids is 2. The number of carbonyl (C=O) groups is 2. The summed E-state index contributed by atoms with van der Waals surface area (Å²) in [5, 5.41) is 1.98. The van der Waals surface area contributed by atoms with Crippen molar-refractivity contribution >= 4 is 22.6 Å². The Morgan fingerprint density at radius 3 is 2.21 bits per heavy atom. The summed E-state index contributed by atoms with van der Waals surface area (Å²) in [4.78, 5) is 24.1. The number of amides is 2. The van der Waals surface area contributed by atoms with Gasteiger partial charge in [-0.05, 0) is 54.1 Å². The Kier molecular flexibility index (Phi) is 5.72. The highest BCUT2D eigenvalue weighted by Crippen LogP contribution is 2.29. The summed E-state index contributed by atoms with van der Waals surface area (Å²) >= 11 is 0. The topological polar surface area (TPSA) is 67.4 Å². The molecule has 2 N–H and O–H groups in total. The minimum atomic E-state index is -4.49. The molecule has 0 aromatic heterocycles. The van der Waals surface area contributed by atoms with E-state index in [4.69, 9.17) is 4.74 Å². The zero-order valence-electron chi connectivity index (χ0n) is 15.3. The average molecular weight is 402 g/mol. The van der Waals surface area contributed by atoms with E-state index in [0.717, 1.165) is 35.0 Å². The first-order valence-corrected chi connectivity index (χ1v) is 8.67. The maximum atomic E-state index is 12.6. The van der Waals surface area contributed by atoms with Crippen LogP contribution in [0.25, 0.3) is 10.8 Å². The fraction of sp³-hybridized carbons (Fsp3) is 0.143. The van der Waals surface area contributed by atoms with E-state index in [0.29, 0.717) is 5.75 Å². The van der Waals surface area contributed by atoms with Gasteiger partial charge in [0.25, 0.3) is 11.8 Å². The first kappa shape index (κ1) is 20.2. The number of halogens is 3. The normalized spacial score (nSPS) is 12.3. The van der Waals surface area contributed by atoms with Crippen LogP contribution in [0.5, 0.6) is 5.75 Å². The summed E-state index contributed by atoms with van der Waals surface area (Å²) in [7, 11) is 0. The lowest BCUT2D eigenvalue weighted by atomic mass is 10.1. The molecule has 2 amide bonds. The second-order valence-corrected chi connectivity index (χ2v) is 6.29. The van der Waals surface area contributed by atoms with Crippen LogP contribution in [0.15, 0.2) is 66.7 Å². The molecule has 29 heavy (non-hydrogen) atoms. The quantitative estimate of drug-likeness (QED) is 0.646. The van der Waals surface area contributed by atoms with Crippen molar-refractivity contribution in [2.45, 2.75) is 19.2 Å². The molecule has 3 rings (SSSR count). The predicted octanol–water partition coefficient (Wildman–Crippen LogP) is 4.09. The van der Waals surface area contributed by atoms with Gasteiger partial charge in [0.05, 0.1) is 5.56 Å². The van der Waals surface area contributed by atoms with Crippen LogP contribution in [0.2, 0.25) is 0 Å². The van der Waals surface area contributed by atoms with E-state index < -0.39 is 29.7 Å². The molecule has 150 valence electrons. The molecule has 0 fully saturated rings. The van der Waals surface area contributed by atoms with Crippen molar-refractivity contribution in [3.05, 3.63) is 77.9 Å². The fourth-order valence-electron chi connectivity index (χ4n) is 2.60. The van der Waals surface area contributed by atoms with Crippen molar-refractivity contribution < 1.29 is 27.5 Å². The first-order chi connectivity index (χ1) is 13.7. The van der Waals surface area contributed by atoms with Crippen LogP contribution in [0.3, 0.4) is 0 Å². The van der Waals surface area contributed by atoms with E-state index in [-0.39, 0.29) is 5.56 Å². The SMILES string of the molecule is C[C@@H](Oc1ccc2ccccc2c1)C(=O)NNC(=O)c1ccc(C(F)(F)F)cc1. The predicted molar refractivity (Wildman–Crippen MR) is 101 cm³/mol. The van der Waals surface area contributed by atoms with Gasteiger partial charge >= 0.3 is 6.18 Å². The van der Waals surface area contributed by atoms with Gasteiger partial charge in [-0.1, -0.05) is 30.3 Å². The lowest BCUT2D eigenvalue weighted by molar-refractivity contribution is -0.137. The molecule has 0 spiro atoms. The van der Waals surface area contributed by atoms with Gasteiger partial charge in [-0.3, -0.25) is 20.4 Å². The van der Waals surface area contributed by atoms with Gasteiger partial charge < -0.3 is 4.74 Å². The molecule has 0 aliphatic rings.